The summed E-state index contributed by atoms with van der Waals surface area (Å²) in [5.41, 5.74) is 0.964. The number of aliphatic carboxylic acids is 1. The van der Waals surface area contributed by atoms with Gasteiger partial charge in [-0.15, -0.1) is 0 Å². The zero-order chi connectivity index (χ0) is 12.4. The van der Waals surface area contributed by atoms with Crippen LogP contribution in [0.5, 0.6) is 0 Å². The van der Waals surface area contributed by atoms with Gasteiger partial charge in [-0.3, -0.25) is 0 Å². The predicted molar refractivity (Wildman–Crippen MR) is 63.4 cm³/mol. The van der Waals surface area contributed by atoms with Gasteiger partial charge in [-0.2, -0.15) is 0 Å². The van der Waals surface area contributed by atoms with E-state index in [1.807, 2.05) is 24.5 Å². The summed E-state index contributed by atoms with van der Waals surface area (Å²) in [6.45, 7) is 0. The second-order valence-corrected chi connectivity index (χ2v) is 4.01. The molecule has 2 N–H and O–H groups in total. The normalized spacial score (nSPS) is 12.4. The second kappa shape index (κ2) is 4.61. The van der Waals surface area contributed by atoms with Crippen LogP contribution in [0.25, 0.3) is 5.69 Å². The minimum Gasteiger partial charge on any atom is -0.479 e. The van der Waals surface area contributed by atoms with E-state index in [9.17, 15) is 9.90 Å². The van der Waals surface area contributed by atoms with E-state index in [0.29, 0.717) is 10.7 Å². The Labute approximate surface area is 103 Å². The third-order valence-corrected chi connectivity index (χ3v) is 2.58. The maximum atomic E-state index is 10.7. The molecule has 0 fully saturated rings. The molecule has 1 aromatic carbocycles. The minimum atomic E-state index is -1.57. The average Bonchev–Trinajstić information content (AvgIpc) is 2.80. The van der Waals surface area contributed by atoms with Crippen molar-refractivity contribution in [2.24, 2.45) is 0 Å². The van der Waals surface area contributed by atoms with Gasteiger partial charge in [-0.1, -0.05) is 11.6 Å². The highest BCUT2D eigenvalue weighted by Gasteiger charge is 2.17. The number of nitrogens with zero attached hydrogens (tertiary/aromatic N) is 1. The van der Waals surface area contributed by atoms with Crippen LogP contribution in [0.2, 0.25) is 5.02 Å². The van der Waals surface area contributed by atoms with Crippen LogP contribution in [-0.4, -0.2) is 20.7 Å². The van der Waals surface area contributed by atoms with Crippen molar-refractivity contribution >= 4 is 17.6 Å². The third-order valence-electron chi connectivity index (χ3n) is 2.36. The van der Waals surface area contributed by atoms with Gasteiger partial charge < -0.3 is 14.8 Å². The van der Waals surface area contributed by atoms with E-state index in [4.69, 9.17) is 16.7 Å². The number of aromatic nitrogens is 1. The van der Waals surface area contributed by atoms with Gasteiger partial charge in [-0.25, -0.2) is 4.79 Å². The maximum Gasteiger partial charge on any atom is 0.337 e. The van der Waals surface area contributed by atoms with Gasteiger partial charge in [-0.05, 0) is 35.9 Å². The smallest absolute Gasteiger partial charge is 0.337 e. The molecule has 0 amide bonds. The van der Waals surface area contributed by atoms with Gasteiger partial charge >= 0.3 is 5.97 Å². The predicted octanol–water partition coefficient (Wildman–Crippen LogP) is 2.25. The molecule has 0 aliphatic carbocycles. The van der Waals surface area contributed by atoms with Gasteiger partial charge in [0.05, 0.1) is 0 Å². The molecular weight excluding hydrogens is 242 g/mol. The Bertz CT molecular complexity index is 537. The van der Waals surface area contributed by atoms with Crippen molar-refractivity contribution in [3.8, 4) is 5.69 Å². The first kappa shape index (κ1) is 11.7. The number of aliphatic hydroxyl groups is 1. The summed E-state index contributed by atoms with van der Waals surface area (Å²) < 4.78 is 1.78. The van der Waals surface area contributed by atoms with Crippen LogP contribution in [0.3, 0.4) is 0 Å². The van der Waals surface area contributed by atoms with Gasteiger partial charge in [0.1, 0.15) is 0 Å². The number of benzene rings is 1. The summed E-state index contributed by atoms with van der Waals surface area (Å²) in [6.07, 6.45) is 2.05. The molecular formula is C12H10ClNO3. The number of rotatable bonds is 3. The van der Waals surface area contributed by atoms with Gasteiger partial charge in [0, 0.05) is 23.1 Å². The van der Waals surface area contributed by atoms with E-state index in [-0.39, 0.29) is 5.56 Å². The molecule has 0 aliphatic heterocycles. The average molecular weight is 252 g/mol. The lowest BCUT2D eigenvalue weighted by molar-refractivity contribution is -0.146. The highest BCUT2D eigenvalue weighted by atomic mass is 35.5. The molecule has 1 unspecified atom stereocenters. The van der Waals surface area contributed by atoms with Crippen molar-refractivity contribution in [1.29, 1.82) is 0 Å². The van der Waals surface area contributed by atoms with Crippen LogP contribution in [0.1, 0.15) is 11.7 Å². The lowest BCUT2D eigenvalue weighted by Crippen LogP contribution is -2.10. The Morgan fingerprint density at radius 1 is 1.24 bits per heavy atom. The Morgan fingerprint density at radius 3 is 2.47 bits per heavy atom. The molecule has 4 nitrogen and oxygen atoms in total. The van der Waals surface area contributed by atoms with E-state index < -0.39 is 12.1 Å². The SMILES string of the molecule is O=C(O)C(O)c1cc(Cl)cc(-n2cccc2)c1. The molecule has 0 saturated carbocycles. The molecule has 0 saturated heterocycles. The van der Waals surface area contributed by atoms with Crippen LogP contribution in [0.15, 0.2) is 42.7 Å². The first-order valence-electron chi connectivity index (χ1n) is 4.92. The van der Waals surface area contributed by atoms with Crippen molar-refractivity contribution in [3.63, 3.8) is 0 Å². The lowest BCUT2D eigenvalue weighted by Gasteiger charge is -2.10. The molecule has 0 bridgehead atoms. The molecule has 88 valence electrons. The first-order chi connectivity index (χ1) is 8.08. The van der Waals surface area contributed by atoms with E-state index in [1.165, 1.54) is 6.07 Å². The van der Waals surface area contributed by atoms with Crippen molar-refractivity contribution in [3.05, 3.63) is 53.3 Å². The highest BCUT2D eigenvalue weighted by molar-refractivity contribution is 6.30. The van der Waals surface area contributed by atoms with Crippen LogP contribution in [0.4, 0.5) is 0 Å². The van der Waals surface area contributed by atoms with Crippen molar-refractivity contribution in [2.75, 3.05) is 0 Å². The molecule has 5 heteroatoms. The third kappa shape index (κ3) is 2.49. The molecule has 2 rings (SSSR count). The Morgan fingerprint density at radius 2 is 1.88 bits per heavy atom. The Kier molecular flexibility index (Phi) is 3.17. The topological polar surface area (TPSA) is 62.5 Å². The van der Waals surface area contributed by atoms with E-state index in [0.717, 1.165) is 0 Å². The van der Waals surface area contributed by atoms with Gasteiger partial charge in [0.2, 0.25) is 0 Å². The molecule has 2 aromatic rings. The molecule has 0 radical (unpaired) electrons. The molecule has 1 atom stereocenters. The van der Waals surface area contributed by atoms with Crippen LogP contribution < -0.4 is 0 Å². The lowest BCUT2D eigenvalue weighted by atomic mass is 10.1. The summed E-state index contributed by atoms with van der Waals surface area (Å²) in [5, 5.41) is 18.6. The summed E-state index contributed by atoms with van der Waals surface area (Å²) in [6, 6.07) is 8.40. The monoisotopic (exact) mass is 251 g/mol. The Balaban J connectivity index is 2.46. The number of halogens is 1. The molecule has 0 aliphatic rings. The van der Waals surface area contributed by atoms with Gasteiger partial charge in [0.25, 0.3) is 0 Å². The molecule has 1 aromatic heterocycles. The molecule has 17 heavy (non-hydrogen) atoms. The molecule has 0 spiro atoms. The fourth-order valence-electron chi connectivity index (χ4n) is 1.55. The summed E-state index contributed by atoms with van der Waals surface area (Å²) in [5.74, 6) is -1.30. The van der Waals surface area contributed by atoms with Crippen molar-refractivity contribution in [1.82, 2.24) is 4.57 Å². The number of carboxylic acids is 1. The first-order valence-corrected chi connectivity index (χ1v) is 5.30. The van der Waals surface area contributed by atoms with Gasteiger partial charge in [0.15, 0.2) is 6.10 Å². The standard InChI is InChI=1S/C12H10ClNO3/c13-9-5-8(11(15)12(16)17)6-10(7-9)14-3-1-2-4-14/h1-7,11,15H,(H,16,17). The largest absolute Gasteiger partial charge is 0.479 e. The van der Waals surface area contributed by atoms with Crippen molar-refractivity contribution in [2.45, 2.75) is 6.10 Å². The highest BCUT2D eigenvalue weighted by Crippen LogP contribution is 2.23. The van der Waals surface area contributed by atoms with E-state index in [2.05, 4.69) is 0 Å². The van der Waals surface area contributed by atoms with Crippen LogP contribution in [0, 0.1) is 0 Å². The van der Waals surface area contributed by atoms with E-state index in [1.54, 1.807) is 16.7 Å². The fraction of sp³-hybridized carbons (Fsp3) is 0.0833. The fourth-order valence-corrected chi connectivity index (χ4v) is 1.79. The minimum absolute atomic E-state index is 0.258. The zero-order valence-corrected chi connectivity index (χ0v) is 9.50. The summed E-state index contributed by atoms with van der Waals surface area (Å²) >= 11 is 5.90. The summed E-state index contributed by atoms with van der Waals surface area (Å²) in [7, 11) is 0. The number of aliphatic hydroxyl groups excluding tert-OH is 1. The van der Waals surface area contributed by atoms with Crippen molar-refractivity contribution < 1.29 is 15.0 Å². The number of hydrogen-bond donors (Lipinski definition) is 2. The number of carboxylic acid groups (broad SMARTS) is 1. The number of hydrogen-bond acceptors (Lipinski definition) is 2. The number of carbonyl (C=O) groups is 1. The molecule has 1 heterocycles. The Hall–Kier alpha value is -1.78. The van der Waals surface area contributed by atoms with Crippen LogP contribution in [-0.2, 0) is 4.79 Å². The second-order valence-electron chi connectivity index (χ2n) is 3.57. The summed E-state index contributed by atoms with van der Waals surface area (Å²) in [4.78, 5) is 10.7. The van der Waals surface area contributed by atoms with Crippen LogP contribution >= 0.6 is 11.6 Å². The maximum absolute atomic E-state index is 10.7. The van der Waals surface area contributed by atoms with E-state index >= 15 is 0 Å². The quantitative estimate of drug-likeness (QED) is 0.880. The zero-order valence-electron chi connectivity index (χ0n) is 8.75.